The Morgan fingerprint density at radius 3 is 1.45 bits per heavy atom. The summed E-state index contributed by atoms with van der Waals surface area (Å²) >= 11 is 0. The average Bonchev–Trinajstić information content (AvgIpc) is 2.81. The SMILES string of the molecule is CC(C)c1ccc([S+](c2ccccc2)c2ccccc2)cc1.Cc1ccc(S(=O)(=O)[O-])cc1. The van der Waals surface area contributed by atoms with E-state index in [4.69, 9.17) is 0 Å². The van der Waals surface area contributed by atoms with Crippen molar-refractivity contribution in [3.8, 4) is 0 Å². The molecule has 33 heavy (non-hydrogen) atoms. The third-order valence-corrected chi connectivity index (χ3v) is 8.13. The Kier molecular flexibility index (Phi) is 8.50. The van der Waals surface area contributed by atoms with Crippen LogP contribution in [0.15, 0.2) is 129 Å². The second kappa shape index (κ2) is 11.3. The van der Waals surface area contributed by atoms with Crippen molar-refractivity contribution in [3.63, 3.8) is 0 Å². The van der Waals surface area contributed by atoms with Crippen LogP contribution >= 0.6 is 0 Å². The minimum absolute atomic E-state index is 0.0361. The maximum Gasteiger partial charge on any atom is 0.166 e. The van der Waals surface area contributed by atoms with Gasteiger partial charge in [-0.3, -0.25) is 0 Å². The predicted octanol–water partition coefficient (Wildman–Crippen LogP) is 6.80. The molecule has 4 aromatic carbocycles. The molecule has 0 heterocycles. The summed E-state index contributed by atoms with van der Waals surface area (Å²) in [5.74, 6) is 0.573. The first-order chi connectivity index (χ1) is 15.8. The Morgan fingerprint density at radius 1 is 0.636 bits per heavy atom. The van der Waals surface area contributed by atoms with E-state index in [1.807, 2.05) is 6.92 Å². The highest BCUT2D eigenvalue weighted by Gasteiger charge is 2.28. The number of aryl methyl sites for hydroxylation is 1. The molecular formula is C28H28O3S2. The Hall–Kier alpha value is -2.86. The lowest BCUT2D eigenvalue weighted by Gasteiger charge is -2.09. The van der Waals surface area contributed by atoms with E-state index in [1.165, 1.54) is 32.4 Å². The normalized spacial score (nSPS) is 11.2. The lowest BCUT2D eigenvalue weighted by Crippen LogP contribution is -2.04. The van der Waals surface area contributed by atoms with Gasteiger partial charge in [-0.15, -0.1) is 0 Å². The second-order valence-corrected chi connectivity index (χ2v) is 11.3. The summed E-state index contributed by atoms with van der Waals surface area (Å²) in [6.45, 7) is 6.30. The van der Waals surface area contributed by atoms with Crippen molar-refractivity contribution in [2.75, 3.05) is 0 Å². The summed E-state index contributed by atoms with van der Waals surface area (Å²) in [6, 6.07) is 36.5. The van der Waals surface area contributed by atoms with E-state index >= 15 is 0 Å². The Balaban J connectivity index is 0.000000235. The number of hydrogen-bond acceptors (Lipinski definition) is 3. The number of rotatable bonds is 5. The summed E-state index contributed by atoms with van der Waals surface area (Å²) in [4.78, 5) is 3.93. The van der Waals surface area contributed by atoms with Gasteiger partial charge in [-0.05, 0) is 66.9 Å². The van der Waals surface area contributed by atoms with E-state index in [1.54, 1.807) is 12.1 Å². The molecule has 0 radical (unpaired) electrons. The molecule has 0 spiro atoms. The highest BCUT2D eigenvalue weighted by molar-refractivity contribution is 7.97. The second-order valence-electron chi connectivity index (χ2n) is 7.92. The lowest BCUT2D eigenvalue weighted by atomic mass is 10.0. The van der Waals surface area contributed by atoms with Crippen LogP contribution in [-0.2, 0) is 21.0 Å². The van der Waals surface area contributed by atoms with E-state index in [2.05, 4.69) is 98.8 Å². The van der Waals surface area contributed by atoms with Crippen LogP contribution in [0, 0.1) is 6.92 Å². The molecule has 0 aliphatic heterocycles. The predicted molar refractivity (Wildman–Crippen MR) is 135 cm³/mol. The van der Waals surface area contributed by atoms with E-state index in [-0.39, 0.29) is 15.8 Å². The summed E-state index contributed by atoms with van der Waals surface area (Å²) in [5.41, 5.74) is 2.32. The van der Waals surface area contributed by atoms with Gasteiger partial charge in [0.2, 0.25) is 0 Å². The minimum Gasteiger partial charge on any atom is -0.744 e. The van der Waals surface area contributed by atoms with Gasteiger partial charge in [-0.2, -0.15) is 0 Å². The largest absolute Gasteiger partial charge is 0.744 e. The molecule has 0 saturated carbocycles. The van der Waals surface area contributed by atoms with Gasteiger partial charge in [0.25, 0.3) is 0 Å². The van der Waals surface area contributed by atoms with Crippen LogP contribution in [0.5, 0.6) is 0 Å². The molecule has 4 rings (SSSR count). The molecule has 0 fully saturated rings. The maximum atomic E-state index is 10.4. The minimum atomic E-state index is -4.27. The van der Waals surface area contributed by atoms with Gasteiger partial charge in [-0.1, -0.05) is 80.1 Å². The molecule has 3 nitrogen and oxygen atoms in total. The molecule has 5 heteroatoms. The van der Waals surface area contributed by atoms with Crippen molar-refractivity contribution in [2.45, 2.75) is 46.3 Å². The zero-order valence-corrected chi connectivity index (χ0v) is 20.6. The zero-order valence-electron chi connectivity index (χ0n) is 19.0. The molecule has 0 aliphatic carbocycles. The summed E-state index contributed by atoms with van der Waals surface area (Å²) in [6.07, 6.45) is 0. The van der Waals surface area contributed by atoms with Crippen molar-refractivity contribution in [1.29, 1.82) is 0 Å². The monoisotopic (exact) mass is 476 g/mol. The molecule has 0 aromatic heterocycles. The van der Waals surface area contributed by atoms with Crippen LogP contribution in [0.25, 0.3) is 0 Å². The van der Waals surface area contributed by atoms with Crippen LogP contribution in [0.4, 0.5) is 0 Å². The number of benzene rings is 4. The van der Waals surface area contributed by atoms with Crippen LogP contribution in [0.1, 0.15) is 30.9 Å². The molecule has 0 saturated heterocycles. The van der Waals surface area contributed by atoms with Gasteiger partial charge in [0.1, 0.15) is 10.1 Å². The van der Waals surface area contributed by atoms with Gasteiger partial charge >= 0.3 is 0 Å². The summed E-state index contributed by atoms with van der Waals surface area (Å²) in [5, 5.41) is 0. The molecule has 0 amide bonds. The smallest absolute Gasteiger partial charge is 0.166 e. The maximum absolute atomic E-state index is 10.4. The van der Waals surface area contributed by atoms with Crippen molar-refractivity contribution < 1.29 is 13.0 Å². The van der Waals surface area contributed by atoms with E-state index in [0.717, 1.165) is 5.56 Å². The average molecular weight is 477 g/mol. The van der Waals surface area contributed by atoms with Gasteiger partial charge in [0.15, 0.2) is 14.7 Å². The van der Waals surface area contributed by atoms with Crippen LogP contribution in [0.2, 0.25) is 0 Å². The molecule has 0 unspecified atom stereocenters. The van der Waals surface area contributed by atoms with E-state index in [9.17, 15) is 13.0 Å². The van der Waals surface area contributed by atoms with Crippen LogP contribution in [-0.4, -0.2) is 13.0 Å². The first-order valence-electron chi connectivity index (χ1n) is 10.7. The molecule has 0 atom stereocenters. The topological polar surface area (TPSA) is 57.2 Å². The Morgan fingerprint density at radius 2 is 1.06 bits per heavy atom. The first-order valence-corrected chi connectivity index (χ1v) is 13.4. The van der Waals surface area contributed by atoms with Gasteiger partial charge in [-0.25, -0.2) is 8.42 Å². The Labute approximate surface area is 200 Å². The highest BCUT2D eigenvalue weighted by atomic mass is 32.2. The van der Waals surface area contributed by atoms with Crippen molar-refractivity contribution in [3.05, 3.63) is 120 Å². The highest BCUT2D eigenvalue weighted by Crippen LogP contribution is 2.31. The van der Waals surface area contributed by atoms with E-state index < -0.39 is 10.1 Å². The zero-order chi connectivity index (χ0) is 23.8. The standard InChI is InChI=1S/C21H21S.C7H8O3S/c1-17(2)18-13-15-21(16-14-18)22(19-9-5-3-6-10-19)20-11-7-4-8-12-20;1-6-2-4-7(5-3-6)11(8,9)10/h3-17H,1-2H3;2-5H,1H3,(H,8,9,10)/q+1;/p-1. The fraction of sp³-hybridized carbons (Fsp3) is 0.143. The Bertz CT molecular complexity index is 1190. The fourth-order valence-corrected chi connectivity index (χ4v) is 5.77. The van der Waals surface area contributed by atoms with Crippen molar-refractivity contribution in [1.82, 2.24) is 0 Å². The summed E-state index contributed by atoms with van der Waals surface area (Å²) in [7, 11) is -4.31. The molecular weight excluding hydrogens is 448 g/mol. The molecule has 0 aliphatic rings. The number of hydrogen-bond donors (Lipinski definition) is 0. The van der Waals surface area contributed by atoms with Crippen molar-refractivity contribution >= 4 is 21.0 Å². The van der Waals surface area contributed by atoms with Crippen LogP contribution in [0.3, 0.4) is 0 Å². The molecule has 0 N–H and O–H groups in total. The van der Waals surface area contributed by atoms with Crippen LogP contribution < -0.4 is 0 Å². The van der Waals surface area contributed by atoms with Gasteiger partial charge in [0.05, 0.1) is 15.8 Å². The molecule has 170 valence electrons. The quantitative estimate of drug-likeness (QED) is 0.235. The molecule has 4 aromatic rings. The van der Waals surface area contributed by atoms with Crippen molar-refractivity contribution in [2.24, 2.45) is 0 Å². The molecule has 0 bridgehead atoms. The lowest BCUT2D eigenvalue weighted by molar-refractivity contribution is 0.463. The summed E-state index contributed by atoms with van der Waals surface area (Å²) < 4.78 is 31.2. The fourth-order valence-electron chi connectivity index (χ4n) is 3.22. The van der Waals surface area contributed by atoms with Gasteiger partial charge in [0, 0.05) is 0 Å². The third kappa shape index (κ3) is 7.06. The van der Waals surface area contributed by atoms with E-state index in [0.29, 0.717) is 5.92 Å². The third-order valence-electron chi connectivity index (χ3n) is 5.05. The van der Waals surface area contributed by atoms with Gasteiger partial charge < -0.3 is 4.55 Å². The first kappa shape index (κ1) is 24.8.